The van der Waals surface area contributed by atoms with Crippen molar-refractivity contribution in [1.29, 1.82) is 0 Å². The van der Waals surface area contributed by atoms with Crippen LogP contribution in [0.3, 0.4) is 0 Å². The van der Waals surface area contributed by atoms with E-state index in [1.54, 1.807) is 6.07 Å². The highest BCUT2D eigenvalue weighted by atomic mass is 127. The highest BCUT2D eigenvalue weighted by Gasteiger charge is 2.36. The van der Waals surface area contributed by atoms with Gasteiger partial charge >= 0.3 is 11.9 Å². The molecule has 0 spiro atoms. The van der Waals surface area contributed by atoms with Gasteiger partial charge in [0, 0.05) is 9.64 Å². The predicted molar refractivity (Wildman–Crippen MR) is 72.6 cm³/mol. The highest BCUT2D eigenvalue weighted by Crippen LogP contribution is 2.30. The molecular weight excluding hydrogens is 369 g/mol. The highest BCUT2D eigenvalue weighted by molar-refractivity contribution is 14.1. The zero-order chi connectivity index (χ0) is 14.6. The Balaban J connectivity index is 3.41. The van der Waals surface area contributed by atoms with Crippen LogP contribution in [0.4, 0.5) is 5.69 Å². The van der Waals surface area contributed by atoms with E-state index in [9.17, 15) is 19.7 Å². The van der Waals surface area contributed by atoms with Crippen LogP contribution in [0.1, 0.15) is 11.5 Å². The molecule has 0 aliphatic rings. The molecule has 0 saturated carbocycles. The number of nitrogens with zero attached hydrogens (tertiary/aromatic N) is 1. The van der Waals surface area contributed by atoms with Crippen LogP contribution in [0.15, 0.2) is 18.2 Å². The van der Waals surface area contributed by atoms with E-state index in [1.165, 1.54) is 12.1 Å². The molecule has 0 unspecified atom stereocenters. The van der Waals surface area contributed by atoms with Crippen LogP contribution in [0.25, 0.3) is 0 Å². The zero-order valence-electron chi connectivity index (χ0n) is 10.1. The smallest absolute Gasteiger partial charge is 0.324 e. The molecule has 0 aliphatic heterocycles. The van der Waals surface area contributed by atoms with Gasteiger partial charge in [0.2, 0.25) is 0 Å². The molecule has 0 aromatic heterocycles. The van der Waals surface area contributed by atoms with Crippen molar-refractivity contribution in [2.24, 2.45) is 0 Å². The number of benzene rings is 1. The van der Waals surface area contributed by atoms with Gasteiger partial charge in [0.15, 0.2) is 5.92 Å². The van der Waals surface area contributed by atoms with E-state index in [-0.39, 0.29) is 11.3 Å². The van der Waals surface area contributed by atoms with Crippen molar-refractivity contribution < 1.29 is 24.0 Å². The van der Waals surface area contributed by atoms with E-state index in [0.29, 0.717) is 3.57 Å². The van der Waals surface area contributed by atoms with E-state index < -0.39 is 22.8 Å². The summed E-state index contributed by atoms with van der Waals surface area (Å²) in [7, 11) is 2.19. The van der Waals surface area contributed by atoms with Gasteiger partial charge in [0.1, 0.15) is 0 Å². The van der Waals surface area contributed by atoms with Gasteiger partial charge in [-0.2, -0.15) is 0 Å². The van der Waals surface area contributed by atoms with Crippen LogP contribution in [0.5, 0.6) is 0 Å². The first-order valence-electron chi connectivity index (χ1n) is 5.01. The molecule has 8 heteroatoms. The minimum atomic E-state index is -1.47. The molecule has 0 saturated heterocycles. The minimum Gasteiger partial charge on any atom is -0.468 e. The number of rotatable bonds is 4. The van der Waals surface area contributed by atoms with E-state index >= 15 is 0 Å². The average Bonchev–Trinajstić information content (AvgIpc) is 2.39. The number of esters is 2. The molecule has 19 heavy (non-hydrogen) atoms. The summed E-state index contributed by atoms with van der Waals surface area (Å²) >= 11 is 1.90. The fourth-order valence-corrected chi connectivity index (χ4v) is 1.98. The molecule has 1 rings (SSSR count). The molecular formula is C11H10INO6. The maximum absolute atomic E-state index is 11.6. The lowest BCUT2D eigenvalue weighted by Crippen LogP contribution is -2.25. The Kier molecular flexibility index (Phi) is 5.21. The molecule has 102 valence electrons. The van der Waals surface area contributed by atoms with Crippen LogP contribution in [-0.4, -0.2) is 31.1 Å². The van der Waals surface area contributed by atoms with Crippen LogP contribution in [0, 0.1) is 13.7 Å². The van der Waals surface area contributed by atoms with Crippen LogP contribution in [0.2, 0.25) is 0 Å². The van der Waals surface area contributed by atoms with Crippen molar-refractivity contribution in [3.8, 4) is 0 Å². The van der Waals surface area contributed by atoms with Gasteiger partial charge in [-0.15, -0.1) is 0 Å². The summed E-state index contributed by atoms with van der Waals surface area (Å²) in [6.07, 6.45) is 0. The van der Waals surface area contributed by atoms with Crippen LogP contribution < -0.4 is 0 Å². The Morgan fingerprint density at radius 3 is 2.21 bits per heavy atom. The lowest BCUT2D eigenvalue weighted by molar-refractivity contribution is -0.385. The Morgan fingerprint density at radius 1 is 1.26 bits per heavy atom. The molecule has 0 amide bonds. The second-order valence-electron chi connectivity index (χ2n) is 3.44. The molecule has 0 atom stereocenters. The van der Waals surface area contributed by atoms with E-state index in [0.717, 1.165) is 14.2 Å². The first kappa shape index (κ1) is 15.3. The Morgan fingerprint density at radius 2 is 1.79 bits per heavy atom. The lowest BCUT2D eigenvalue weighted by atomic mass is 9.97. The second kappa shape index (κ2) is 6.45. The van der Waals surface area contributed by atoms with Crippen molar-refractivity contribution in [1.82, 2.24) is 0 Å². The zero-order valence-corrected chi connectivity index (χ0v) is 12.2. The number of nitro groups is 1. The SMILES string of the molecule is COC(=O)C(C(=O)OC)c1ccc(I)cc1[N+](=O)[O-]. The number of carbonyl (C=O) groups is 2. The van der Waals surface area contributed by atoms with Crippen molar-refractivity contribution in [2.75, 3.05) is 14.2 Å². The normalized spacial score (nSPS) is 10.1. The molecule has 0 N–H and O–H groups in total. The monoisotopic (exact) mass is 379 g/mol. The quantitative estimate of drug-likeness (QED) is 0.260. The molecule has 0 radical (unpaired) electrons. The summed E-state index contributed by atoms with van der Waals surface area (Å²) in [5.41, 5.74) is -0.378. The van der Waals surface area contributed by atoms with Gasteiger partial charge < -0.3 is 9.47 Å². The largest absolute Gasteiger partial charge is 0.468 e. The average molecular weight is 379 g/mol. The van der Waals surface area contributed by atoms with E-state index in [1.807, 2.05) is 22.6 Å². The summed E-state index contributed by atoms with van der Waals surface area (Å²) in [4.78, 5) is 33.6. The summed E-state index contributed by atoms with van der Waals surface area (Å²) in [6, 6.07) is 4.18. The van der Waals surface area contributed by atoms with Gasteiger partial charge in [-0.1, -0.05) is 0 Å². The number of halogens is 1. The van der Waals surface area contributed by atoms with Crippen LogP contribution >= 0.6 is 22.6 Å². The molecule has 0 aliphatic carbocycles. The molecule has 0 fully saturated rings. The van der Waals surface area contributed by atoms with Gasteiger partial charge in [-0.25, -0.2) is 0 Å². The van der Waals surface area contributed by atoms with Crippen molar-refractivity contribution in [3.63, 3.8) is 0 Å². The topological polar surface area (TPSA) is 95.7 Å². The third-order valence-corrected chi connectivity index (χ3v) is 3.04. The van der Waals surface area contributed by atoms with Gasteiger partial charge in [0.05, 0.1) is 24.7 Å². The minimum absolute atomic E-state index is 0.0517. The Labute approximate surface area is 122 Å². The number of ether oxygens (including phenoxy) is 2. The van der Waals surface area contributed by atoms with Gasteiger partial charge in [0.25, 0.3) is 5.69 Å². The number of methoxy groups -OCH3 is 2. The second-order valence-corrected chi connectivity index (χ2v) is 4.69. The third kappa shape index (κ3) is 3.40. The molecule has 0 heterocycles. The fraction of sp³-hybridized carbons (Fsp3) is 0.273. The number of carbonyl (C=O) groups excluding carboxylic acids is 2. The third-order valence-electron chi connectivity index (χ3n) is 2.37. The molecule has 7 nitrogen and oxygen atoms in total. The predicted octanol–water partition coefficient (Wildman–Crippen LogP) is 1.63. The van der Waals surface area contributed by atoms with Crippen molar-refractivity contribution >= 4 is 40.2 Å². The van der Waals surface area contributed by atoms with E-state index in [2.05, 4.69) is 9.47 Å². The summed E-state index contributed by atoms with van der Waals surface area (Å²) in [5, 5.41) is 11.0. The Bertz CT molecular complexity index is 514. The Hall–Kier alpha value is -1.71. The van der Waals surface area contributed by atoms with Gasteiger partial charge in [-0.3, -0.25) is 19.7 Å². The first-order valence-corrected chi connectivity index (χ1v) is 6.09. The summed E-state index contributed by atoms with van der Waals surface area (Å²) in [6.45, 7) is 0. The van der Waals surface area contributed by atoms with Gasteiger partial charge in [-0.05, 0) is 34.7 Å². The fourth-order valence-electron chi connectivity index (χ4n) is 1.50. The lowest BCUT2D eigenvalue weighted by Gasteiger charge is -2.13. The van der Waals surface area contributed by atoms with Crippen molar-refractivity contribution in [2.45, 2.75) is 5.92 Å². The molecule has 0 bridgehead atoms. The first-order chi connectivity index (χ1) is 8.92. The number of hydrogen-bond donors (Lipinski definition) is 0. The summed E-state index contributed by atoms with van der Waals surface area (Å²) in [5.74, 6) is -3.28. The standard InChI is InChI=1S/C11H10INO6/c1-18-10(14)9(11(15)19-2)7-4-3-6(12)5-8(7)13(16)17/h3-5,9H,1-2H3. The molecule has 1 aromatic rings. The van der Waals surface area contributed by atoms with Crippen molar-refractivity contribution in [3.05, 3.63) is 37.4 Å². The maximum atomic E-state index is 11.6. The maximum Gasteiger partial charge on any atom is 0.324 e. The number of nitro benzene ring substituents is 1. The van der Waals surface area contributed by atoms with Crippen LogP contribution in [-0.2, 0) is 19.1 Å². The summed E-state index contributed by atoms with van der Waals surface area (Å²) < 4.78 is 9.59. The number of hydrogen-bond acceptors (Lipinski definition) is 6. The van der Waals surface area contributed by atoms with E-state index in [4.69, 9.17) is 0 Å². The molecule has 1 aromatic carbocycles.